The maximum Gasteiger partial charge on any atom is 0.330 e. The lowest BCUT2D eigenvalue weighted by atomic mass is 10.4. The highest BCUT2D eigenvalue weighted by Gasteiger charge is 1.91. The van der Waals surface area contributed by atoms with Gasteiger partial charge >= 0.3 is 5.97 Å². The number of carbonyl (C=O) groups excluding carboxylic acids is 1. The zero-order chi connectivity index (χ0) is 9.23. The summed E-state index contributed by atoms with van der Waals surface area (Å²) in [7, 11) is 0. The largest absolute Gasteiger partial charge is 0.463 e. The number of hydrogen-bond donors (Lipinski definition) is 0. The van der Waals surface area contributed by atoms with Gasteiger partial charge in [-0.2, -0.15) is 0 Å². The van der Waals surface area contributed by atoms with Gasteiger partial charge in [-0.3, -0.25) is 0 Å². The van der Waals surface area contributed by atoms with E-state index in [1.807, 2.05) is 6.92 Å². The van der Waals surface area contributed by atoms with Crippen molar-refractivity contribution in [3.05, 3.63) is 37.0 Å². The maximum atomic E-state index is 10.8. The molecule has 0 aliphatic rings. The van der Waals surface area contributed by atoms with Gasteiger partial charge in [0.15, 0.2) is 0 Å². The summed E-state index contributed by atoms with van der Waals surface area (Å²) in [6.45, 7) is 5.92. The molecule has 0 spiro atoms. The first kappa shape index (κ1) is 10.7. The van der Waals surface area contributed by atoms with E-state index in [9.17, 15) is 4.79 Å². The van der Waals surface area contributed by atoms with E-state index in [0.717, 1.165) is 6.42 Å². The minimum atomic E-state index is -0.300. The topological polar surface area (TPSA) is 26.3 Å². The summed E-state index contributed by atoms with van der Waals surface area (Å²) in [6, 6.07) is 0. The van der Waals surface area contributed by atoms with E-state index >= 15 is 0 Å². The number of carbonyl (C=O) groups is 1. The zero-order valence-corrected chi connectivity index (χ0v) is 7.32. The van der Waals surface area contributed by atoms with Crippen LogP contribution in [0, 0.1) is 0 Å². The van der Waals surface area contributed by atoms with Gasteiger partial charge in [-0.25, -0.2) is 4.79 Å². The quantitative estimate of drug-likeness (QED) is 0.355. The van der Waals surface area contributed by atoms with Gasteiger partial charge in [0.2, 0.25) is 0 Å². The van der Waals surface area contributed by atoms with Gasteiger partial charge in [0, 0.05) is 6.08 Å². The molecule has 0 aromatic heterocycles. The van der Waals surface area contributed by atoms with Gasteiger partial charge in [0.25, 0.3) is 0 Å². The molecule has 0 rings (SSSR count). The molecule has 0 aromatic rings. The lowest BCUT2D eigenvalue weighted by Gasteiger charge is -1.95. The first-order chi connectivity index (χ1) is 5.81. The summed E-state index contributed by atoms with van der Waals surface area (Å²) in [6.07, 6.45) is 8.96. The molecular formula is C10H14O2. The fourth-order valence-electron chi connectivity index (χ4n) is 0.528. The van der Waals surface area contributed by atoms with Gasteiger partial charge in [0.05, 0.1) is 6.61 Å². The minimum Gasteiger partial charge on any atom is -0.463 e. The van der Waals surface area contributed by atoms with Crippen molar-refractivity contribution < 1.29 is 9.53 Å². The van der Waals surface area contributed by atoms with Crippen LogP contribution in [0.15, 0.2) is 37.0 Å². The Morgan fingerprint density at radius 2 is 2.17 bits per heavy atom. The van der Waals surface area contributed by atoms with Crippen LogP contribution in [-0.4, -0.2) is 12.6 Å². The Bertz CT molecular complexity index is 190. The SMILES string of the molecule is C=CC=CC=CC(=O)OCCC. The van der Waals surface area contributed by atoms with E-state index in [2.05, 4.69) is 6.58 Å². The second kappa shape index (κ2) is 7.79. The lowest BCUT2D eigenvalue weighted by Crippen LogP contribution is -2.00. The Balaban J connectivity index is 3.60. The summed E-state index contributed by atoms with van der Waals surface area (Å²) in [5.74, 6) is -0.300. The molecule has 2 heteroatoms. The standard InChI is InChI=1S/C10H14O2/c1-3-5-6-7-8-10(11)12-9-4-2/h3,5-8H,1,4,9H2,2H3. The Morgan fingerprint density at radius 3 is 2.75 bits per heavy atom. The fourth-order valence-corrected chi connectivity index (χ4v) is 0.528. The lowest BCUT2D eigenvalue weighted by molar-refractivity contribution is -0.137. The molecule has 0 bridgehead atoms. The minimum absolute atomic E-state index is 0.300. The zero-order valence-electron chi connectivity index (χ0n) is 7.32. The number of hydrogen-bond acceptors (Lipinski definition) is 2. The molecule has 0 heterocycles. The third-order valence-corrected chi connectivity index (χ3v) is 1.04. The molecule has 0 aliphatic heterocycles. The van der Waals surface area contributed by atoms with Crippen molar-refractivity contribution >= 4 is 5.97 Å². The summed E-state index contributed by atoms with van der Waals surface area (Å²) in [5.41, 5.74) is 0. The molecule has 0 aliphatic carbocycles. The molecule has 66 valence electrons. The van der Waals surface area contributed by atoms with Crippen LogP contribution in [-0.2, 0) is 9.53 Å². The molecule has 0 unspecified atom stereocenters. The first-order valence-corrected chi connectivity index (χ1v) is 3.93. The van der Waals surface area contributed by atoms with Crippen LogP contribution in [0.3, 0.4) is 0 Å². The molecule has 0 aromatic carbocycles. The second-order valence-electron chi connectivity index (χ2n) is 2.15. The van der Waals surface area contributed by atoms with Crippen LogP contribution in [0.25, 0.3) is 0 Å². The monoisotopic (exact) mass is 166 g/mol. The van der Waals surface area contributed by atoms with Crippen LogP contribution >= 0.6 is 0 Å². The van der Waals surface area contributed by atoms with Gasteiger partial charge in [-0.1, -0.05) is 37.8 Å². The highest BCUT2D eigenvalue weighted by Crippen LogP contribution is 1.85. The van der Waals surface area contributed by atoms with Crippen LogP contribution in [0.5, 0.6) is 0 Å². The van der Waals surface area contributed by atoms with Crippen LogP contribution < -0.4 is 0 Å². The van der Waals surface area contributed by atoms with E-state index in [4.69, 9.17) is 4.74 Å². The normalized spacial score (nSPS) is 10.8. The third-order valence-electron chi connectivity index (χ3n) is 1.04. The Labute approximate surface area is 73.2 Å². The maximum absolute atomic E-state index is 10.8. The molecular weight excluding hydrogens is 152 g/mol. The smallest absolute Gasteiger partial charge is 0.330 e. The van der Waals surface area contributed by atoms with Crippen molar-refractivity contribution in [2.24, 2.45) is 0 Å². The summed E-state index contributed by atoms with van der Waals surface area (Å²) in [5, 5.41) is 0. The van der Waals surface area contributed by atoms with Crippen molar-refractivity contribution in [3.8, 4) is 0 Å². The molecule has 0 fully saturated rings. The third kappa shape index (κ3) is 6.81. The number of rotatable bonds is 5. The average molecular weight is 166 g/mol. The Hall–Kier alpha value is -1.31. The number of ether oxygens (including phenoxy) is 1. The van der Waals surface area contributed by atoms with Crippen molar-refractivity contribution in [1.29, 1.82) is 0 Å². The van der Waals surface area contributed by atoms with E-state index < -0.39 is 0 Å². The summed E-state index contributed by atoms with van der Waals surface area (Å²) >= 11 is 0. The Kier molecular flexibility index (Phi) is 6.94. The van der Waals surface area contributed by atoms with Gasteiger partial charge in [0.1, 0.15) is 0 Å². The van der Waals surface area contributed by atoms with Crippen molar-refractivity contribution in [2.45, 2.75) is 13.3 Å². The van der Waals surface area contributed by atoms with E-state index in [1.54, 1.807) is 24.3 Å². The molecule has 0 amide bonds. The predicted molar refractivity (Wildman–Crippen MR) is 49.7 cm³/mol. The summed E-state index contributed by atoms with van der Waals surface area (Å²) < 4.78 is 4.79. The van der Waals surface area contributed by atoms with E-state index in [1.165, 1.54) is 6.08 Å². The van der Waals surface area contributed by atoms with Crippen LogP contribution in [0.4, 0.5) is 0 Å². The van der Waals surface area contributed by atoms with Gasteiger partial charge in [-0.15, -0.1) is 0 Å². The van der Waals surface area contributed by atoms with Crippen molar-refractivity contribution in [2.75, 3.05) is 6.61 Å². The summed E-state index contributed by atoms with van der Waals surface area (Å²) in [4.78, 5) is 10.8. The number of esters is 1. The highest BCUT2D eigenvalue weighted by atomic mass is 16.5. The highest BCUT2D eigenvalue weighted by molar-refractivity contribution is 5.82. The molecule has 0 saturated carbocycles. The predicted octanol–water partition coefficient (Wildman–Crippen LogP) is 2.24. The fraction of sp³-hybridized carbons (Fsp3) is 0.300. The van der Waals surface area contributed by atoms with Crippen LogP contribution in [0.1, 0.15) is 13.3 Å². The van der Waals surface area contributed by atoms with Crippen molar-refractivity contribution in [1.82, 2.24) is 0 Å². The van der Waals surface area contributed by atoms with Crippen molar-refractivity contribution in [3.63, 3.8) is 0 Å². The van der Waals surface area contributed by atoms with E-state index in [-0.39, 0.29) is 5.97 Å². The molecule has 0 atom stereocenters. The Morgan fingerprint density at radius 1 is 1.42 bits per heavy atom. The molecule has 0 radical (unpaired) electrons. The second-order valence-corrected chi connectivity index (χ2v) is 2.15. The first-order valence-electron chi connectivity index (χ1n) is 3.93. The van der Waals surface area contributed by atoms with E-state index in [0.29, 0.717) is 6.61 Å². The number of allylic oxidation sites excluding steroid dienone is 4. The van der Waals surface area contributed by atoms with Gasteiger partial charge < -0.3 is 4.74 Å². The van der Waals surface area contributed by atoms with Gasteiger partial charge in [-0.05, 0) is 6.42 Å². The molecule has 12 heavy (non-hydrogen) atoms. The molecule has 0 saturated heterocycles. The van der Waals surface area contributed by atoms with Crippen LogP contribution in [0.2, 0.25) is 0 Å². The molecule has 2 nitrogen and oxygen atoms in total. The average Bonchev–Trinajstić information content (AvgIpc) is 2.09. The molecule has 0 N–H and O–H groups in total.